The van der Waals surface area contributed by atoms with Crippen molar-refractivity contribution >= 4 is 16.8 Å². The molecule has 4 rings (SSSR count). The minimum absolute atomic E-state index is 0.0460. The van der Waals surface area contributed by atoms with Gasteiger partial charge in [-0.2, -0.15) is 0 Å². The van der Waals surface area contributed by atoms with Crippen molar-refractivity contribution < 1.29 is 9.21 Å². The molecule has 3 aromatic rings. The number of nitrogens with one attached hydrogen (secondary N) is 1. The number of pyridine rings is 1. The number of benzene rings is 1. The molecule has 0 unspecified atom stereocenters. The van der Waals surface area contributed by atoms with E-state index in [4.69, 9.17) is 9.40 Å². The van der Waals surface area contributed by atoms with Gasteiger partial charge in [-0.05, 0) is 48.9 Å². The molecule has 122 valence electrons. The highest BCUT2D eigenvalue weighted by Crippen LogP contribution is 2.31. The monoisotopic (exact) mass is 320 g/mol. The van der Waals surface area contributed by atoms with Crippen LogP contribution in [0.5, 0.6) is 0 Å². The molecule has 0 saturated heterocycles. The highest BCUT2D eigenvalue weighted by molar-refractivity contribution is 6.07. The van der Waals surface area contributed by atoms with Gasteiger partial charge in [0.2, 0.25) is 0 Å². The largest absolute Gasteiger partial charge is 0.467 e. The van der Waals surface area contributed by atoms with Crippen molar-refractivity contribution in [1.82, 2.24) is 10.3 Å². The molecule has 1 N–H and O–H groups in total. The number of para-hydroxylation sites is 1. The zero-order valence-electron chi connectivity index (χ0n) is 13.7. The van der Waals surface area contributed by atoms with Gasteiger partial charge >= 0.3 is 0 Å². The van der Waals surface area contributed by atoms with Gasteiger partial charge in [-0.15, -0.1) is 0 Å². The minimum atomic E-state index is -0.0460. The maximum Gasteiger partial charge on any atom is 0.252 e. The van der Waals surface area contributed by atoms with Gasteiger partial charge in [0.25, 0.3) is 5.91 Å². The lowest BCUT2D eigenvalue weighted by atomic mass is 9.84. The van der Waals surface area contributed by atoms with Crippen molar-refractivity contribution in [2.75, 3.05) is 0 Å². The Bertz CT molecular complexity index is 884. The van der Waals surface area contributed by atoms with Crippen LogP contribution in [0.25, 0.3) is 10.9 Å². The van der Waals surface area contributed by atoms with E-state index < -0.39 is 0 Å². The van der Waals surface area contributed by atoms with E-state index in [0.29, 0.717) is 12.5 Å². The number of aryl methyl sites for hydroxylation is 1. The normalized spacial score (nSPS) is 16.8. The maximum atomic E-state index is 13.0. The highest BCUT2D eigenvalue weighted by Gasteiger charge is 2.25. The molecule has 1 aliphatic carbocycles. The van der Waals surface area contributed by atoms with Crippen LogP contribution in [-0.2, 0) is 19.4 Å². The molecule has 0 spiro atoms. The number of hydrogen-bond donors (Lipinski definition) is 1. The van der Waals surface area contributed by atoms with Gasteiger partial charge in [-0.1, -0.05) is 25.1 Å². The molecule has 0 radical (unpaired) electrons. The molecule has 1 aliphatic rings. The summed E-state index contributed by atoms with van der Waals surface area (Å²) < 4.78 is 5.31. The van der Waals surface area contributed by atoms with Gasteiger partial charge in [0.15, 0.2) is 0 Å². The smallest absolute Gasteiger partial charge is 0.252 e. The van der Waals surface area contributed by atoms with Gasteiger partial charge in [0.1, 0.15) is 5.76 Å². The first kappa shape index (κ1) is 14.9. The number of rotatable bonds is 3. The number of carbonyl (C=O) groups excluding carboxylic acids is 1. The number of nitrogens with zero attached hydrogens (tertiary/aromatic N) is 1. The summed E-state index contributed by atoms with van der Waals surface area (Å²) in [6, 6.07) is 11.6. The summed E-state index contributed by atoms with van der Waals surface area (Å²) in [5, 5.41) is 3.93. The molecule has 0 fully saturated rings. The second kappa shape index (κ2) is 6.11. The molecule has 0 saturated carbocycles. The number of amides is 1. The van der Waals surface area contributed by atoms with Gasteiger partial charge in [-0.25, -0.2) is 0 Å². The van der Waals surface area contributed by atoms with Crippen LogP contribution in [0.2, 0.25) is 0 Å². The lowest BCUT2D eigenvalue weighted by Crippen LogP contribution is -2.27. The fraction of sp³-hybridized carbons (Fsp3) is 0.300. The summed E-state index contributed by atoms with van der Waals surface area (Å²) in [6.45, 7) is 2.63. The summed E-state index contributed by atoms with van der Waals surface area (Å²) in [4.78, 5) is 17.8. The number of aromatic nitrogens is 1. The first-order valence-electron chi connectivity index (χ1n) is 8.43. The number of carbonyl (C=O) groups is 1. The zero-order valence-corrected chi connectivity index (χ0v) is 13.7. The SMILES string of the molecule is C[C@H]1CCc2nc3ccccc3c(C(=O)NCc3ccco3)c2C1. The van der Waals surface area contributed by atoms with Crippen molar-refractivity contribution in [3.8, 4) is 0 Å². The first-order valence-corrected chi connectivity index (χ1v) is 8.43. The van der Waals surface area contributed by atoms with E-state index in [2.05, 4.69) is 12.2 Å². The standard InChI is InChI=1S/C20H20N2O2/c1-13-8-9-18-16(11-13)19(15-6-2-3-7-17(15)22-18)20(23)21-12-14-5-4-10-24-14/h2-7,10,13H,8-9,11-12H2,1H3,(H,21,23)/t13-/m0/s1. The molecular formula is C20H20N2O2. The van der Waals surface area contributed by atoms with Crippen LogP contribution < -0.4 is 5.32 Å². The number of furan rings is 1. The topological polar surface area (TPSA) is 55.1 Å². The molecule has 24 heavy (non-hydrogen) atoms. The van der Waals surface area contributed by atoms with Crippen molar-refractivity contribution in [2.45, 2.75) is 32.7 Å². The first-order chi connectivity index (χ1) is 11.7. The molecule has 1 aromatic carbocycles. The molecule has 4 nitrogen and oxygen atoms in total. The zero-order chi connectivity index (χ0) is 16.5. The Morgan fingerprint density at radius 2 is 2.17 bits per heavy atom. The van der Waals surface area contributed by atoms with Crippen molar-refractivity contribution in [2.24, 2.45) is 5.92 Å². The molecule has 1 atom stereocenters. The molecule has 4 heteroatoms. The van der Waals surface area contributed by atoms with Crippen LogP contribution in [0.4, 0.5) is 0 Å². The van der Waals surface area contributed by atoms with E-state index in [9.17, 15) is 4.79 Å². The highest BCUT2D eigenvalue weighted by atomic mass is 16.3. The minimum Gasteiger partial charge on any atom is -0.467 e. The summed E-state index contributed by atoms with van der Waals surface area (Å²) >= 11 is 0. The quantitative estimate of drug-likeness (QED) is 0.796. The Hall–Kier alpha value is -2.62. The van der Waals surface area contributed by atoms with Crippen molar-refractivity contribution in [3.05, 3.63) is 65.2 Å². The van der Waals surface area contributed by atoms with E-state index in [0.717, 1.165) is 52.7 Å². The summed E-state index contributed by atoms with van der Waals surface area (Å²) in [5.74, 6) is 1.29. The summed E-state index contributed by atoms with van der Waals surface area (Å²) in [6.07, 6.45) is 4.61. The average molecular weight is 320 g/mol. The molecule has 2 heterocycles. The Morgan fingerprint density at radius 1 is 1.29 bits per heavy atom. The Morgan fingerprint density at radius 3 is 3.00 bits per heavy atom. The molecular weight excluding hydrogens is 300 g/mol. The fourth-order valence-electron chi connectivity index (χ4n) is 3.49. The van der Waals surface area contributed by atoms with E-state index in [1.807, 2.05) is 36.4 Å². The van der Waals surface area contributed by atoms with E-state index in [-0.39, 0.29) is 5.91 Å². The van der Waals surface area contributed by atoms with Crippen LogP contribution >= 0.6 is 0 Å². The predicted molar refractivity (Wildman–Crippen MR) is 92.8 cm³/mol. The molecule has 0 aliphatic heterocycles. The second-order valence-corrected chi connectivity index (χ2v) is 6.54. The van der Waals surface area contributed by atoms with Crippen molar-refractivity contribution in [1.29, 1.82) is 0 Å². The third kappa shape index (κ3) is 2.68. The summed E-state index contributed by atoms with van der Waals surface area (Å²) in [7, 11) is 0. The van der Waals surface area contributed by atoms with Gasteiger partial charge in [0, 0.05) is 11.1 Å². The lowest BCUT2D eigenvalue weighted by molar-refractivity contribution is 0.0948. The predicted octanol–water partition coefficient (Wildman–Crippen LogP) is 3.88. The van der Waals surface area contributed by atoms with E-state index in [1.165, 1.54) is 0 Å². The van der Waals surface area contributed by atoms with Crippen LogP contribution in [0.15, 0.2) is 47.1 Å². The fourth-order valence-corrected chi connectivity index (χ4v) is 3.49. The molecule has 1 amide bonds. The number of fused-ring (bicyclic) bond motifs is 2. The van der Waals surface area contributed by atoms with Crippen LogP contribution in [0.3, 0.4) is 0 Å². The maximum absolute atomic E-state index is 13.0. The van der Waals surface area contributed by atoms with Gasteiger partial charge < -0.3 is 9.73 Å². The Balaban J connectivity index is 1.77. The summed E-state index contributed by atoms with van der Waals surface area (Å²) in [5.41, 5.74) is 3.88. The third-order valence-corrected chi connectivity index (χ3v) is 4.74. The lowest BCUT2D eigenvalue weighted by Gasteiger charge is -2.24. The van der Waals surface area contributed by atoms with Crippen molar-refractivity contribution in [3.63, 3.8) is 0 Å². The molecule has 2 aromatic heterocycles. The third-order valence-electron chi connectivity index (χ3n) is 4.74. The Labute approximate surface area is 140 Å². The van der Waals surface area contributed by atoms with Crippen LogP contribution in [-0.4, -0.2) is 10.9 Å². The molecule has 0 bridgehead atoms. The second-order valence-electron chi connectivity index (χ2n) is 6.54. The average Bonchev–Trinajstić information content (AvgIpc) is 3.11. The van der Waals surface area contributed by atoms with E-state index >= 15 is 0 Å². The Kier molecular flexibility index (Phi) is 3.81. The van der Waals surface area contributed by atoms with Gasteiger partial charge in [0.05, 0.1) is 23.9 Å². The van der Waals surface area contributed by atoms with Crippen LogP contribution in [0.1, 0.15) is 40.7 Å². The van der Waals surface area contributed by atoms with Gasteiger partial charge in [-0.3, -0.25) is 9.78 Å². The van der Waals surface area contributed by atoms with E-state index in [1.54, 1.807) is 6.26 Å². The van der Waals surface area contributed by atoms with Crippen LogP contribution in [0, 0.1) is 5.92 Å². The number of hydrogen-bond acceptors (Lipinski definition) is 3.